The zero-order valence-electron chi connectivity index (χ0n) is 17.3. The second-order valence-electron chi connectivity index (χ2n) is 8.19. The molecule has 1 aliphatic heterocycles. The number of methoxy groups -OCH3 is 1. The molecule has 3 aromatic rings. The summed E-state index contributed by atoms with van der Waals surface area (Å²) in [7, 11) is 1.16. The van der Waals surface area contributed by atoms with Crippen molar-refractivity contribution in [1.82, 2.24) is 4.57 Å². The molecule has 1 aromatic heterocycles. The van der Waals surface area contributed by atoms with Crippen LogP contribution in [0, 0.1) is 0 Å². The van der Waals surface area contributed by atoms with Crippen LogP contribution in [0.25, 0.3) is 10.8 Å². The molecule has 0 N–H and O–H groups in total. The first-order valence-electron chi connectivity index (χ1n) is 9.52. The zero-order valence-corrected chi connectivity index (χ0v) is 17.3. The zero-order chi connectivity index (χ0) is 20.8. The van der Waals surface area contributed by atoms with Gasteiger partial charge in [0.2, 0.25) is 0 Å². The van der Waals surface area contributed by atoms with Crippen LogP contribution in [0.15, 0.2) is 54.9 Å². The minimum atomic E-state index is -0.483. The van der Waals surface area contributed by atoms with Gasteiger partial charge in [-0.15, -0.1) is 0 Å². The minimum absolute atomic E-state index is 0.401. The molecular weight excluding hydrogens is 369 g/mol. The highest BCUT2D eigenvalue weighted by Gasteiger charge is 2.51. The molecule has 0 atom stereocenters. The molecule has 0 aliphatic carbocycles. The molecule has 0 bridgehead atoms. The van der Waals surface area contributed by atoms with Gasteiger partial charge in [-0.3, -0.25) is 4.57 Å². The lowest BCUT2D eigenvalue weighted by atomic mass is 9.79. The van der Waals surface area contributed by atoms with E-state index in [1.54, 1.807) is 31.6 Å². The number of fused-ring (bicyclic) bond motifs is 1. The molecule has 2 heterocycles. The summed E-state index contributed by atoms with van der Waals surface area (Å²) in [5.41, 5.74) is 0.0753. The first-order valence-corrected chi connectivity index (χ1v) is 9.52. The van der Waals surface area contributed by atoms with E-state index in [9.17, 15) is 4.79 Å². The Morgan fingerprint density at radius 2 is 1.48 bits per heavy atom. The Bertz CT molecular complexity index is 1040. The van der Waals surface area contributed by atoms with Gasteiger partial charge >= 0.3 is 13.2 Å². The van der Waals surface area contributed by atoms with Crippen LogP contribution in [0.2, 0.25) is 0 Å². The molecule has 0 spiro atoms. The molecular formula is C22H24BNO5. The normalized spacial score (nSPS) is 17.5. The van der Waals surface area contributed by atoms with Crippen molar-refractivity contribution >= 4 is 29.4 Å². The molecule has 1 aliphatic rings. The lowest BCUT2D eigenvalue weighted by molar-refractivity contribution is 0.00578. The Kier molecular flexibility index (Phi) is 4.67. The second-order valence-corrected chi connectivity index (χ2v) is 8.19. The van der Waals surface area contributed by atoms with Crippen molar-refractivity contribution in [2.24, 2.45) is 0 Å². The molecule has 7 heteroatoms. The summed E-state index contributed by atoms with van der Waals surface area (Å²) in [5, 5.41) is 1.83. The molecule has 0 unspecified atom stereocenters. The van der Waals surface area contributed by atoms with Gasteiger partial charge in [-0.25, -0.2) is 4.79 Å². The number of carbonyl (C=O) groups excluding carboxylic acids is 1. The number of benzene rings is 2. The van der Waals surface area contributed by atoms with Gasteiger partial charge in [0.25, 0.3) is 0 Å². The van der Waals surface area contributed by atoms with Gasteiger partial charge in [0.1, 0.15) is 11.5 Å². The van der Waals surface area contributed by atoms with Gasteiger partial charge in [0.15, 0.2) is 0 Å². The van der Waals surface area contributed by atoms with Crippen molar-refractivity contribution in [3.05, 3.63) is 54.9 Å². The Morgan fingerprint density at radius 1 is 0.897 bits per heavy atom. The van der Waals surface area contributed by atoms with Crippen LogP contribution in [0.5, 0.6) is 11.5 Å². The van der Waals surface area contributed by atoms with Crippen molar-refractivity contribution in [2.45, 2.75) is 38.9 Å². The molecule has 6 nitrogen and oxygen atoms in total. The molecule has 1 fully saturated rings. The number of rotatable bonds is 3. The first-order chi connectivity index (χ1) is 13.7. The lowest BCUT2D eigenvalue weighted by Crippen LogP contribution is -2.41. The van der Waals surface area contributed by atoms with Crippen molar-refractivity contribution in [1.29, 1.82) is 0 Å². The van der Waals surface area contributed by atoms with Crippen molar-refractivity contribution in [3.63, 3.8) is 0 Å². The largest absolute Gasteiger partial charge is 0.497 e. The van der Waals surface area contributed by atoms with E-state index in [0.717, 1.165) is 22.0 Å². The van der Waals surface area contributed by atoms with Crippen LogP contribution in [0.3, 0.4) is 0 Å². The number of nitrogens with zero attached hydrogens (tertiary/aromatic N) is 1. The van der Waals surface area contributed by atoms with Crippen LogP contribution < -0.4 is 14.9 Å². The van der Waals surface area contributed by atoms with Crippen LogP contribution in [-0.2, 0) is 9.31 Å². The molecule has 4 rings (SSSR count). The monoisotopic (exact) mass is 393 g/mol. The number of carbonyl (C=O) groups is 1. The standard InChI is InChI=1S/C22H24BNO5/c1-21(2)22(3,4)29-23(28-21)17-7-10-18(11-8-17)27-20(25)24-13-15-6-9-19(26-5)12-16(15)14-24/h6-14H,1-5H3. The van der Waals surface area contributed by atoms with Crippen molar-refractivity contribution < 1.29 is 23.6 Å². The molecule has 2 aromatic carbocycles. The molecule has 0 radical (unpaired) electrons. The van der Waals surface area contributed by atoms with Gasteiger partial charge in [0, 0.05) is 23.2 Å². The Hall–Kier alpha value is -2.77. The Labute approximate surface area is 170 Å². The topological polar surface area (TPSA) is 58.9 Å². The fraction of sp³-hybridized carbons (Fsp3) is 0.318. The predicted octanol–water partition coefficient (Wildman–Crippen LogP) is 4.00. The van der Waals surface area contributed by atoms with Crippen LogP contribution in [0.4, 0.5) is 4.79 Å². The summed E-state index contributed by atoms with van der Waals surface area (Å²) in [6.45, 7) is 8.05. The second kappa shape index (κ2) is 6.93. The number of hydrogen-bond acceptors (Lipinski definition) is 5. The summed E-state index contributed by atoms with van der Waals surface area (Å²) >= 11 is 0. The summed E-state index contributed by atoms with van der Waals surface area (Å²) < 4.78 is 24.2. The van der Waals surface area contributed by atoms with E-state index >= 15 is 0 Å². The van der Waals surface area contributed by atoms with Crippen LogP contribution in [-0.4, -0.2) is 36.1 Å². The maximum Gasteiger partial charge on any atom is 0.494 e. The molecule has 1 saturated heterocycles. The highest BCUT2D eigenvalue weighted by molar-refractivity contribution is 6.62. The quantitative estimate of drug-likeness (QED) is 0.630. The van der Waals surface area contributed by atoms with E-state index in [-0.39, 0.29) is 0 Å². The summed E-state index contributed by atoms with van der Waals surface area (Å²) in [6, 6.07) is 12.8. The number of aromatic nitrogens is 1. The van der Waals surface area contributed by atoms with E-state index in [4.69, 9.17) is 18.8 Å². The Balaban J connectivity index is 1.47. The first kappa shape index (κ1) is 19.5. The number of ether oxygens (including phenoxy) is 2. The third-order valence-corrected chi connectivity index (χ3v) is 5.67. The highest BCUT2D eigenvalue weighted by atomic mass is 16.7. The van der Waals surface area contributed by atoms with Gasteiger partial charge in [0.05, 0.1) is 18.3 Å². The maximum atomic E-state index is 12.5. The van der Waals surface area contributed by atoms with Crippen LogP contribution in [0.1, 0.15) is 27.7 Å². The molecule has 0 saturated carbocycles. The third kappa shape index (κ3) is 3.63. The smallest absolute Gasteiger partial charge is 0.494 e. The predicted molar refractivity (Wildman–Crippen MR) is 112 cm³/mol. The summed E-state index contributed by atoms with van der Waals surface area (Å²) in [4.78, 5) is 12.5. The molecule has 29 heavy (non-hydrogen) atoms. The van der Waals surface area contributed by atoms with E-state index in [1.807, 2.05) is 58.0 Å². The van der Waals surface area contributed by atoms with E-state index in [1.165, 1.54) is 4.57 Å². The van der Waals surface area contributed by atoms with Gasteiger partial charge < -0.3 is 18.8 Å². The van der Waals surface area contributed by atoms with E-state index < -0.39 is 24.4 Å². The molecule has 150 valence electrons. The maximum absolute atomic E-state index is 12.5. The summed E-state index contributed by atoms with van der Waals surface area (Å²) in [5.74, 6) is 1.19. The van der Waals surface area contributed by atoms with Gasteiger partial charge in [-0.05, 0) is 63.5 Å². The highest BCUT2D eigenvalue weighted by Crippen LogP contribution is 2.36. The Morgan fingerprint density at radius 3 is 2.10 bits per heavy atom. The average Bonchev–Trinajstić information content (AvgIpc) is 3.19. The number of hydrogen-bond donors (Lipinski definition) is 0. The molecule has 0 amide bonds. The van der Waals surface area contributed by atoms with Gasteiger partial charge in [-0.2, -0.15) is 0 Å². The lowest BCUT2D eigenvalue weighted by Gasteiger charge is -2.32. The fourth-order valence-corrected chi connectivity index (χ4v) is 3.18. The van der Waals surface area contributed by atoms with Crippen molar-refractivity contribution in [2.75, 3.05) is 7.11 Å². The van der Waals surface area contributed by atoms with Crippen molar-refractivity contribution in [3.8, 4) is 11.5 Å². The van der Waals surface area contributed by atoms with E-state index in [2.05, 4.69) is 0 Å². The van der Waals surface area contributed by atoms with Crippen LogP contribution >= 0.6 is 0 Å². The minimum Gasteiger partial charge on any atom is -0.497 e. The third-order valence-electron chi connectivity index (χ3n) is 5.67. The fourth-order valence-electron chi connectivity index (χ4n) is 3.18. The van der Waals surface area contributed by atoms with E-state index in [0.29, 0.717) is 5.75 Å². The van der Waals surface area contributed by atoms with Gasteiger partial charge in [-0.1, -0.05) is 12.1 Å². The SMILES string of the molecule is COc1ccc2cn(C(=O)Oc3ccc(B4OC(C)(C)C(C)(C)O4)cc3)cc2c1. The average molecular weight is 393 g/mol. The summed E-state index contributed by atoms with van der Waals surface area (Å²) in [6.07, 6.45) is 2.97.